The Kier molecular flexibility index (Phi) is 8.11. The maximum atomic E-state index is 7.98. The molecule has 9 aromatic rings. The van der Waals surface area contributed by atoms with E-state index in [4.69, 9.17) is 17.6 Å². The summed E-state index contributed by atoms with van der Waals surface area (Å²) in [6.07, 6.45) is 4.46. The third-order valence-corrected chi connectivity index (χ3v) is 8.69. The molecule has 0 spiro atoms. The van der Waals surface area contributed by atoms with Gasteiger partial charge in [0.25, 0.3) is 0 Å². The third kappa shape index (κ3) is 6.89. The van der Waals surface area contributed by atoms with Gasteiger partial charge in [-0.1, -0.05) is 120 Å². The van der Waals surface area contributed by atoms with Crippen molar-refractivity contribution >= 4 is 22.0 Å². The number of aromatic nitrogens is 3. The van der Waals surface area contributed by atoms with Crippen molar-refractivity contribution in [2.75, 3.05) is 0 Å². The molecular weight excluding hydrogens is 815 g/mol. The molecule has 0 aliphatic rings. The van der Waals surface area contributed by atoms with Crippen LogP contribution in [0.25, 0.3) is 72.6 Å². The number of para-hydroxylation sites is 2. The molecule has 0 saturated heterocycles. The van der Waals surface area contributed by atoms with Gasteiger partial charge in [0, 0.05) is 57.5 Å². The summed E-state index contributed by atoms with van der Waals surface area (Å²) in [4.78, 5) is 9.22. The van der Waals surface area contributed by atoms with Crippen molar-refractivity contribution in [1.29, 1.82) is 0 Å². The zero-order chi connectivity index (χ0) is 39.7. The third-order valence-electron chi connectivity index (χ3n) is 8.69. The predicted octanol–water partition coefficient (Wildman–Crippen LogP) is 12.0. The van der Waals surface area contributed by atoms with Crippen LogP contribution in [0, 0.1) is 33.0 Å². The number of aryl methyl sites for hydroxylation is 3. The zero-order valence-corrected chi connectivity index (χ0v) is 30.5. The number of hydrogen-bond donors (Lipinski definition) is 0. The quantitative estimate of drug-likeness (QED) is 0.162. The second-order valence-corrected chi connectivity index (χ2v) is 12.2. The molecule has 4 nitrogen and oxygen atoms in total. The fraction of sp³-hybridized carbons (Fsp3) is 0.0638. The van der Waals surface area contributed by atoms with Crippen LogP contribution < -0.4 is 0 Å². The van der Waals surface area contributed by atoms with E-state index >= 15 is 0 Å². The predicted molar refractivity (Wildman–Crippen MR) is 209 cm³/mol. The Bertz CT molecular complexity index is 2760. The van der Waals surface area contributed by atoms with E-state index in [0.29, 0.717) is 22.4 Å². The molecule has 52 heavy (non-hydrogen) atoms. The van der Waals surface area contributed by atoms with Gasteiger partial charge in [-0.25, -0.2) is 0 Å². The molecule has 5 heteroatoms. The summed E-state index contributed by atoms with van der Waals surface area (Å²) in [7, 11) is 0. The molecule has 0 bridgehead atoms. The van der Waals surface area contributed by atoms with Crippen molar-refractivity contribution in [2.45, 2.75) is 20.6 Å². The molecular formula is C47H35IrN3O-2. The molecule has 3 heterocycles. The van der Waals surface area contributed by atoms with E-state index in [0.717, 1.165) is 55.8 Å². The van der Waals surface area contributed by atoms with Crippen LogP contribution in [0.1, 0.15) is 24.9 Å². The SMILES string of the molecule is [2H]C([2H])([2H])c1ccc(-c2[c-]cccc2)nc1.[2H]C([2H])([2H])c1ccc2o[c-]c(-c3nc4ccccc4n3-c3c(-c4ccccc4)cc(C)cc3-c3ccccc3)c2c1.[Ir]. The number of furan rings is 1. The topological polar surface area (TPSA) is 43.9 Å². The fourth-order valence-electron chi connectivity index (χ4n) is 6.36. The first kappa shape index (κ1) is 27.8. The van der Waals surface area contributed by atoms with E-state index in [1.165, 1.54) is 6.20 Å². The van der Waals surface area contributed by atoms with Crippen molar-refractivity contribution < 1.29 is 32.7 Å². The number of imidazole rings is 1. The number of rotatable bonds is 5. The Morgan fingerprint density at radius 2 is 1.35 bits per heavy atom. The van der Waals surface area contributed by atoms with Gasteiger partial charge in [-0.15, -0.1) is 35.9 Å². The molecule has 0 aliphatic carbocycles. The Labute approximate surface area is 326 Å². The van der Waals surface area contributed by atoms with Gasteiger partial charge in [0.2, 0.25) is 0 Å². The molecule has 255 valence electrons. The average Bonchev–Trinajstić information content (AvgIpc) is 3.82. The van der Waals surface area contributed by atoms with Crippen LogP contribution in [-0.2, 0) is 20.1 Å². The smallest absolute Gasteiger partial charge is 0.0774 e. The van der Waals surface area contributed by atoms with Crippen molar-refractivity contribution in [2.24, 2.45) is 0 Å². The Balaban J connectivity index is 0.000000254. The normalized spacial score (nSPS) is 13.0. The summed E-state index contributed by atoms with van der Waals surface area (Å²) in [5, 5.41) is 0.657. The summed E-state index contributed by atoms with van der Waals surface area (Å²) in [6.45, 7) is -2.23. The minimum absolute atomic E-state index is 0. The molecule has 0 atom stereocenters. The molecule has 6 aromatic carbocycles. The van der Waals surface area contributed by atoms with Crippen LogP contribution in [0.5, 0.6) is 0 Å². The first-order chi connectivity index (χ1) is 27.5. The van der Waals surface area contributed by atoms with Crippen LogP contribution in [0.3, 0.4) is 0 Å². The minimum atomic E-state index is -2.25. The van der Waals surface area contributed by atoms with E-state index in [1.807, 2.05) is 72.8 Å². The summed E-state index contributed by atoms with van der Waals surface area (Å²) in [5.74, 6) is 0.630. The monoisotopic (exact) mass is 856 g/mol. The minimum Gasteiger partial charge on any atom is -0.557 e. The summed E-state index contributed by atoms with van der Waals surface area (Å²) in [6, 6.07) is 51.9. The van der Waals surface area contributed by atoms with E-state index in [2.05, 4.69) is 71.3 Å². The van der Waals surface area contributed by atoms with Gasteiger partial charge in [-0.05, 0) is 72.8 Å². The first-order valence-electron chi connectivity index (χ1n) is 19.6. The molecule has 1 radical (unpaired) electrons. The fourth-order valence-corrected chi connectivity index (χ4v) is 6.36. The first-order valence-corrected chi connectivity index (χ1v) is 16.6. The number of fused-ring (bicyclic) bond motifs is 2. The standard InChI is InChI=1S/C35H25N2O.C12H10N.Ir/c1-23-17-18-33-29(19-23)30(22-38-33)35-36-31-15-9-10-16-32(31)37(35)34-27(25-11-5-3-6-12-25)20-24(2)21-28(34)26-13-7-4-8-14-26;1-10-7-8-12(13-9-10)11-5-3-2-4-6-11;/h3-21H,1-2H3;2-5,7-9H,1H3;/q2*-1;/i2*1D3;. The maximum Gasteiger partial charge on any atom is 0.0774 e. The molecule has 3 aromatic heterocycles. The van der Waals surface area contributed by atoms with Crippen molar-refractivity contribution in [3.05, 3.63) is 187 Å². The van der Waals surface area contributed by atoms with Gasteiger partial charge < -0.3 is 14.0 Å². The van der Waals surface area contributed by atoms with Crippen molar-refractivity contribution in [3.8, 4) is 50.6 Å². The largest absolute Gasteiger partial charge is 0.557 e. The number of benzene rings is 6. The molecule has 0 amide bonds. The number of hydrogen-bond acceptors (Lipinski definition) is 3. The number of pyridine rings is 1. The maximum absolute atomic E-state index is 7.98. The zero-order valence-electron chi connectivity index (χ0n) is 34.1. The molecule has 0 aliphatic heterocycles. The van der Waals surface area contributed by atoms with E-state index in [-0.39, 0.29) is 31.2 Å². The second-order valence-electron chi connectivity index (χ2n) is 12.2. The van der Waals surface area contributed by atoms with Crippen molar-refractivity contribution in [1.82, 2.24) is 14.5 Å². The van der Waals surface area contributed by atoms with Gasteiger partial charge in [0.15, 0.2) is 0 Å². The van der Waals surface area contributed by atoms with Crippen LogP contribution in [0.2, 0.25) is 0 Å². The van der Waals surface area contributed by atoms with Crippen molar-refractivity contribution in [3.63, 3.8) is 0 Å². The van der Waals surface area contributed by atoms with Gasteiger partial charge in [0.1, 0.15) is 0 Å². The summed E-state index contributed by atoms with van der Waals surface area (Å²) >= 11 is 0. The van der Waals surface area contributed by atoms with E-state index < -0.39 is 13.7 Å². The van der Waals surface area contributed by atoms with Crippen LogP contribution in [-0.4, -0.2) is 14.5 Å². The van der Waals surface area contributed by atoms with Gasteiger partial charge in [0.05, 0.1) is 22.5 Å². The molecule has 0 N–H and O–H groups in total. The van der Waals surface area contributed by atoms with Crippen LogP contribution in [0.4, 0.5) is 0 Å². The van der Waals surface area contributed by atoms with Gasteiger partial charge in [-0.3, -0.25) is 4.98 Å². The van der Waals surface area contributed by atoms with E-state index in [1.54, 1.807) is 36.4 Å². The van der Waals surface area contributed by atoms with Crippen LogP contribution in [0.15, 0.2) is 162 Å². The number of nitrogens with zero attached hydrogens (tertiary/aromatic N) is 3. The summed E-state index contributed by atoms with van der Waals surface area (Å²) in [5.41, 5.74) is 11.4. The molecule has 9 rings (SSSR count). The van der Waals surface area contributed by atoms with E-state index in [9.17, 15) is 0 Å². The van der Waals surface area contributed by atoms with Crippen LogP contribution >= 0.6 is 0 Å². The Morgan fingerprint density at radius 3 is 2.00 bits per heavy atom. The van der Waals surface area contributed by atoms with Gasteiger partial charge in [-0.2, -0.15) is 0 Å². The molecule has 0 unspecified atom stereocenters. The molecule has 0 saturated carbocycles. The van der Waals surface area contributed by atoms with Gasteiger partial charge >= 0.3 is 0 Å². The second kappa shape index (κ2) is 15.2. The Morgan fingerprint density at radius 1 is 0.673 bits per heavy atom. The molecule has 0 fully saturated rings. The summed E-state index contributed by atoms with van der Waals surface area (Å²) < 4.78 is 53.7. The Hall–Kier alpha value is -5.87. The average molecular weight is 856 g/mol.